The maximum atomic E-state index is 2.40. The van der Waals surface area contributed by atoms with Crippen LogP contribution < -0.4 is 0 Å². The molecule has 2 atom stereocenters. The standard InChI is InChI=1S/C10H18/c1-3-5-7-10-8-9(10)6-4-2/h5,7,9-10H,3-4,6,8H2,1-2H3. The van der Waals surface area contributed by atoms with Crippen LogP contribution in [0, 0.1) is 11.8 Å². The molecule has 0 aromatic heterocycles. The van der Waals surface area contributed by atoms with E-state index in [2.05, 4.69) is 26.0 Å². The molecule has 0 heterocycles. The summed E-state index contributed by atoms with van der Waals surface area (Å²) >= 11 is 0. The second-order valence-electron chi connectivity index (χ2n) is 3.28. The molecule has 0 aliphatic heterocycles. The molecular formula is C10H18. The molecule has 0 aromatic carbocycles. The van der Waals surface area contributed by atoms with Crippen molar-refractivity contribution in [2.75, 3.05) is 0 Å². The first-order valence-electron chi connectivity index (χ1n) is 4.55. The van der Waals surface area contributed by atoms with E-state index in [0.717, 1.165) is 11.8 Å². The fourth-order valence-corrected chi connectivity index (χ4v) is 1.52. The SMILES string of the molecule is CCC=CC1CC1CCC. The molecule has 0 radical (unpaired) electrons. The number of allylic oxidation sites excluding steroid dienone is 2. The third-order valence-electron chi connectivity index (χ3n) is 2.26. The topological polar surface area (TPSA) is 0 Å². The van der Waals surface area contributed by atoms with Crippen molar-refractivity contribution in [3.05, 3.63) is 12.2 Å². The Hall–Kier alpha value is -0.260. The minimum atomic E-state index is 0.958. The molecular weight excluding hydrogens is 120 g/mol. The molecule has 1 fully saturated rings. The van der Waals surface area contributed by atoms with Crippen molar-refractivity contribution < 1.29 is 0 Å². The highest BCUT2D eigenvalue weighted by molar-refractivity contribution is 5.01. The van der Waals surface area contributed by atoms with Crippen molar-refractivity contribution in [2.24, 2.45) is 11.8 Å². The fourth-order valence-electron chi connectivity index (χ4n) is 1.52. The molecule has 0 bridgehead atoms. The van der Waals surface area contributed by atoms with Crippen molar-refractivity contribution in [1.82, 2.24) is 0 Å². The van der Waals surface area contributed by atoms with Gasteiger partial charge in [-0.05, 0) is 24.7 Å². The molecule has 1 aliphatic rings. The van der Waals surface area contributed by atoms with Gasteiger partial charge in [-0.1, -0.05) is 38.8 Å². The number of rotatable bonds is 4. The minimum absolute atomic E-state index is 0.958. The highest BCUT2D eigenvalue weighted by Gasteiger charge is 2.32. The van der Waals surface area contributed by atoms with Gasteiger partial charge in [-0.15, -0.1) is 0 Å². The summed E-state index contributed by atoms with van der Waals surface area (Å²) in [4.78, 5) is 0. The van der Waals surface area contributed by atoms with Gasteiger partial charge in [0.05, 0.1) is 0 Å². The smallest absolute Gasteiger partial charge is 0.0202 e. The average Bonchev–Trinajstić information content (AvgIpc) is 2.65. The van der Waals surface area contributed by atoms with E-state index >= 15 is 0 Å². The Kier molecular flexibility index (Phi) is 2.98. The Morgan fingerprint density at radius 3 is 2.80 bits per heavy atom. The zero-order valence-electron chi connectivity index (χ0n) is 7.14. The van der Waals surface area contributed by atoms with Crippen molar-refractivity contribution in [3.8, 4) is 0 Å². The van der Waals surface area contributed by atoms with Crippen molar-refractivity contribution >= 4 is 0 Å². The van der Waals surface area contributed by atoms with Gasteiger partial charge in [-0.3, -0.25) is 0 Å². The number of hydrogen-bond acceptors (Lipinski definition) is 0. The Labute approximate surface area is 64.3 Å². The van der Waals surface area contributed by atoms with Gasteiger partial charge in [-0.25, -0.2) is 0 Å². The monoisotopic (exact) mass is 138 g/mol. The summed E-state index contributed by atoms with van der Waals surface area (Å²) < 4.78 is 0. The van der Waals surface area contributed by atoms with Crippen LogP contribution in [0.3, 0.4) is 0 Å². The third-order valence-corrected chi connectivity index (χ3v) is 2.26. The van der Waals surface area contributed by atoms with Crippen LogP contribution in [0.4, 0.5) is 0 Å². The molecule has 0 N–H and O–H groups in total. The largest absolute Gasteiger partial charge is 0.0885 e. The summed E-state index contributed by atoms with van der Waals surface area (Å²) in [6, 6.07) is 0. The summed E-state index contributed by atoms with van der Waals surface area (Å²) in [7, 11) is 0. The van der Waals surface area contributed by atoms with Gasteiger partial charge in [0.2, 0.25) is 0 Å². The Balaban J connectivity index is 2.07. The summed E-state index contributed by atoms with van der Waals surface area (Å²) in [6.45, 7) is 4.48. The van der Waals surface area contributed by atoms with Crippen LogP contribution in [0.2, 0.25) is 0 Å². The molecule has 0 saturated heterocycles. The molecule has 0 nitrogen and oxygen atoms in total. The van der Waals surface area contributed by atoms with Gasteiger partial charge in [0, 0.05) is 0 Å². The van der Waals surface area contributed by atoms with E-state index in [-0.39, 0.29) is 0 Å². The second kappa shape index (κ2) is 3.80. The summed E-state index contributed by atoms with van der Waals surface area (Å²) in [6.07, 6.45) is 10.2. The zero-order valence-corrected chi connectivity index (χ0v) is 7.14. The second-order valence-corrected chi connectivity index (χ2v) is 3.28. The van der Waals surface area contributed by atoms with Crippen molar-refractivity contribution in [3.63, 3.8) is 0 Å². The van der Waals surface area contributed by atoms with E-state index in [1.807, 2.05) is 0 Å². The Morgan fingerprint density at radius 2 is 2.20 bits per heavy atom. The van der Waals surface area contributed by atoms with E-state index in [1.54, 1.807) is 0 Å². The van der Waals surface area contributed by atoms with Crippen LogP contribution in [-0.4, -0.2) is 0 Å². The molecule has 10 heavy (non-hydrogen) atoms. The van der Waals surface area contributed by atoms with Crippen LogP contribution >= 0.6 is 0 Å². The van der Waals surface area contributed by atoms with Gasteiger partial charge >= 0.3 is 0 Å². The van der Waals surface area contributed by atoms with Crippen LogP contribution in [-0.2, 0) is 0 Å². The average molecular weight is 138 g/mol. The Morgan fingerprint density at radius 1 is 1.40 bits per heavy atom. The maximum absolute atomic E-state index is 2.40. The van der Waals surface area contributed by atoms with Crippen LogP contribution in [0.1, 0.15) is 39.5 Å². The first-order valence-corrected chi connectivity index (χ1v) is 4.55. The highest BCUT2D eigenvalue weighted by Crippen LogP contribution is 2.42. The minimum Gasteiger partial charge on any atom is -0.0885 e. The Bertz CT molecular complexity index is 113. The van der Waals surface area contributed by atoms with Crippen molar-refractivity contribution in [2.45, 2.75) is 39.5 Å². The van der Waals surface area contributed by atoms with Crippen LogP contribution in [0.15, 0.2) is 12.2 Å². The molecule has 0 amide bonds. The predicted octanol–water partition coefficient (Wildman–Crippen LogP) is 3.39. The fraction of sp³-hybridized carbons (Fsp3) is 0.800. The lowest BCUT2D eigenvalue weighted by Gasteiger charge is -1.89. The predicted molar refractivity (Wildman–Crippen MR) is 45.9 cm³/mol. The lowest BCUT2D eigenvalue weighted by molar-refractivity contribution is 0.678. The van der Waals surface area contributed by atoms with E-state index in [4.69, 9.17) is 0 Å². The van der Waals surface area contributed by atoms with Gasteiger partial charge in [0.25, 0.3) is 0 Å². The normalized spacial score (nSPS) is 31.4. The van der Waals surface area contributed by atoms with Gasteiger partial charge < -0.3 is 0 Å². The van der Waals surface area contributed by atoms with E-state index in [1.165, 1.54) is 25.7 Å². The third kappa shape index (κ3) is 2.17. The quantitative estimate of drug-likeness (QED) is 0.522. The lowest BCUT2D eigenvalue weighted by atomic mass is 10.2. The number of hydrogen-bond donors (Lipinski definition) is 0. The van der Waals surface area contributed by atoms with Gasteiger partial charge in [0.15, 0.2) is 0 Å². The summed E-state index contributed by atoms with van der Waals surface area (Å²) in [5.41, 5.74) is 0. The molecule has 1 aliphatic carbocycles. The first-order chi connectivity index (χ1) is 4.88. The van der Waals surface area contributed by atoms with Crippen LogP contribution in [0.5, 0.6) is 0 Å². The van der Waals surface area contributed by atoms with Gasteiger partial charge in [-0.2, -0.15) is 0 Å². The lowest BCUT2D eigenvalue weighted by Crippen LogP contribution is -1.76. The molecule has 0 spiro atoms. The van der Waals surface area contributed by atoms with Crippen molar-refractivity contribution in [1.29, 1.82) is 0 Å². The van der Waals surface area contributed by atoms with E-state index in [0.29, 0.717) is 0 Å². The maximum Gasteiger partial charge on any atom is -0.0202 e. The molecule has 0 aromatic rings. The first kappa shape index (κ1) is 7.84. The molecule has 1 rings (SSSR count). The highest BCUT2D eigenvalue weighted by atomic mass is 14.4. The van der Waals surface area contributed by atoms with Gasteiger partial charge in [0.1, 0.15) is 0 Å². The zero-order chi connectivity index (χ0) is 7.40. The van der Waals surface area contributed by atoms with Crippen LogP contribution in [0.25, 0.3) is 0 Å². The summed E-state index contributed by atoms with van der Waals surface area (Å²) in [5.74, 6) is 2.01. The van der Waals surface area contributed by atoms with E-state index in [9.17, 15) is 0 Å². The molecule has 0 heteroatoms. The van der Waals surface area contributed by atoms with E-state index < -0.39 is 0 Å². The molecule has 2 unspecified atom stereocenters. The summed E-state index contributed by atoms with van der Waals surface area (Å²) in [5, 5.41) is 0. The molecule has 1 saturated carbocycles. The molecule has 58 valence electrons.